The van der Waals surface area contributed by atoms with Gasteiger partial charge in [-0.3, -0.25) is 4.21 Å². The van der Waals surface area contributed by atoms with E-state index in [1.54, 1.807) is 6.92 Å². The van der Waals surface area contributed by atoms with Crippen LogP contribution in [0.3, 0.4) is 0 Å². The number of aryl methyl sites for hydroxylation is 1. The number of carboxylic acids is 1. The molecule has 5 heteroatoms. The van der Waals surface area contributed by atoms with Crippen LogP contribution >= 0.6 is 0 Å². The van der Waals surface area contributed by atoms with Crippen molar-refractivity contribution in [3.05, 3.63) is 53.0 Å². The van der Waals surface area contributed by atoms with Gasteiger partial charge in [-0.05, 0) is 36.6 Å². The second kappa shape index (κ2) is 6.26. The normalized spacial score (nSPS) is 12.6. The van der Waals surface area contributed by atoms with Gasteiger partial charge in [0.2, 0.25) is 0 Å². The molecular weight excluding hydrogens is 288 g/mol. The summed E-state index contributed by atoms with van der Waals surface area (Å²) < 4.78 is 17.6. The average molecular weight is 306 g/mol. The summed E-state index contributed by atoms with van der Waals surface area (Å²) in [5.41, 5.74) is 1.31. The molecule has 0 radical (unpaired) electrons. The first kappa shape index (κ1) is 15.5. The second-order valence-corrected chi connectivity index (χ2v) is 6.65. The standard InChI is InChI=1S/C16H18O4S/c1-10(2)12-4-6-14(7-5-12)21(19)9-13-8-15(16(17)18)11(3)20-13/h4-8,10H,9H2,1-3H3,(H,17,18). The van der Waals surface area contributed by atoms with Crippen LogP contribution in [0.1, 0.15) is 47.2 Å². The summed E-state index contributed by atoms with van der Waals surface area (Å²) in [5, 5.41) is 8.98. The van der Waals surface area contributed by atoms with E-state index in [1.807, 2.05) is 24.3 Å². The van der Waals surface area contributed by atoms with E-state index < -0.39 is 16.8 Å². The van der Waals surface area contributed by atoms with Gasteiger partial charge in [-0.1, -0.05) is 26.0 Å². The molecule has 1 aromatic carbocycles. The predicted molar refractivity (Wildman–Crippen MR) is 81.0 cm³/mol. The van der Waals surface area contributed by atoms with Crippen molar-refractivity contribution in [2.24, 2.45) is 0 Å². The fourth-order valence-corrected chi connectivity index (χ4v) is 3.05. The number of aromatic carboxylic acids is 1. The molecule has 0 saturated carbocycles. The van der Waals surface area contributed by atoms with Gasteiger partial charge in [-0.15, -0.1) is 0 Å². The molecule has 1 unspecified atom stereocenters. The lowest BCUT2D eigenvalue weighted by molar-refractivity contribution is 0.0695. The Bertz CT molecular complexity index is 668. The molecule has 0 bridgehead atoms. The number of rotatable bonds is 5. The molecule has 0 fully saturated rings. The number of carbonyl (C=O) groups is 1. The van der Waals surface area contributed by atoms with Crippen LogP contribution in [0.4, 0.5) is 0 Å². The monoisotopic (exact) mass is 306 g/mol. The lowest BCUT2D eigenvalue weighted by Gasteiger charge is -2.06. The molecule has 1 atom stereocenters. The molecule has 0 aliphatic heterocycles. The maximum absolute atomic E-state index is 12.3. The first-order valence-corrected chi connectivity index (χ1v) is 8.01. The first-order chi connectivity index (χ1) is 9.88. The van der Waals surface area contributed by atoms with Crippen molar-refractivity contribution >= 4 is 16.8 Å². The zero-order chi connectivity index (χ0) is 15.6. The minimum Gasteiger partial charge on any atom is -0.478 e. The van der Waals surface area contributed by atoms with Gasteiger partial charge in [-0.25, -0.2) is 4.79 Å². The summed E-state index contributed by atoms with van der Waals surface area (Å²) in [6.45, 7) is 5.79. The Kier molecular flexibility index (Phi) is 4.63. The van der Waals surface area contributed by atoms with Crippen molar-refractivity contribution in [2.75, 3.05) is 0 Å². The Morgan fingerprint density at radius 3 is 2.38 bits per heavy atom. The summed E-state index contributed by atoms with van der Waals surface area (Å²) in [7, 11) is -1.25. The largest absolute Gasteiger partial charge is 0.478 e. The number of carboxylic acid groups (broad SMARTS) is 1. The number of hydrogen-bond acceptors (Lipinski definition) is 3. The van der Waals surface area contributed by atoms with Crippen LogP contribution in [-0.4, -0.2) is 15.3 Å². The van der Waals surface area contributed by atoms with Gasteiger partial charge in [0.15, 0.2) is 0 Å². The maximum Gasteiger partial charge on any atom is 0.339 e. The highest BCUT2D eigenvalue weighted by Gasteiger charge is 2.16. The Labute approximate surface area is 126 Å². The number of benzene rings is 1. The molecule has 0 spiro atoms. The van der Waals surface area contributed by atoms with E-state index in [-0.39, 0.29) is 11.3 Å². The van der Waals surface area contributed by atoms with E-state index in [1.165, 1.54) is 11.6 Å². The van der Waals surface area contributed by atoms with Gasteiger partial charge in [0.25, 0.3) is 0 Å². The molecular formula is C16H18O4S. The lowest BCUT2D eigenvalue weighted by Crippen LogP contribution is -1.97. The van der Waals surface area contributed by atoms with Gasteiger partial charge in [0.1, 0.15) is 17.1 Å². The van der Waals surface area contributed by atoms with Crippen LogP contribution in [0, 0.1) is 6.92 Å². The van der Waals surface area contributed by atoms with E-state index in [0.717, 1.165) is 0 Å². The highest BCUT2D eigenvalue weighted by molar-refractivity contribution is 7.84. The molecule has 1 aromatic heterocycles. The number of hydrogen-bond donors (Lipinski definition) is 1. The third-order valence-corrected chi connectivity index (χ3v) is 4.63. The maximum atomic E-state index is 12.3. The minimum absolute atomic E-state index is 0.122. The smallest absolute Gasteiger partial charge is 0.339 e. The quantitative estimate of drug-likeness (QED) is 0.914. The van der Waals surface area contributed by atoms with Crippen LogP contribution in [0.25, 0.3) is 0 Å². The van der Waals surface area contributed by atoms with Crippen LogP contribution in [-0.2, 0) is 16.6 Å². The third kappa shape index (κ3) is 3.61. The van der Waals surface area contributed by atoms with Crippen molar-refractivity contribution in [2.45, 2.75) is 37.3 Å². The average Bonchev–Trinajstić information content (AvgIpc) is 2.79. The van der Waals surface area contributed by atoms with E-state index in [9.17, 15) is 9.00 Å². The Morgan fingerprint density at radius 1 is 1.29 bits per heavy atom. The van der Waals surface area contributed by atoms with Crippen molar-refractivity contribution in [3.63, 3.8) is 0 Å². The van der Waals surface area contributed by atoms with Crippen LogP contribution < -0.4 is 0 Å². The highest BCUT2D eigenvalue weighted by Crippen LogP contribution is 2.20. The Balaban J connectivity index is 2.14. The van der Waals surface area contributed by atoms with Gasteiger partial charge in [0.05, 0.1) is 16.6 Å². The summed E-state index contributed by atoms with van der Waals surface area (Å²) >= 11 is 0. The third-order valence-electron chi connectivity index (χ3n) is 3.28. The van der Waals surface area contributed by atoms with E-state index in [2.05, 4.69) is 13.8 Å². The summed E-state index contributed by atoms with van der Waals surface area (Å²) in [4.78, 5) is 11.7. The number of furan rings is 1. The topological polar surface area (TPSA) is 67.5 Å². The lowest BCUT2D eigenvalue weighted by atomic mass is 10.0. The molecule has 2 rings (SSSR count). The molecule has 4 nitrogen and oxygen atoms in total. The van der Waals surface area contributed by atoms with Crippen molar-refractivity contribution < 1.29 is 18.5 Å². The van der Waals surface area contributed by atoms with Gasteiger partial charge in [0, 0.05) is 4.90 Å². The summed E-state index contributed by atoms with van der Waals surface area (Å²) in [5.74, 6) is 0.337. The van der Waals surface area contributed by atoms with E-state index >= 15 is 0 Å². The summed E-state index contributed by atoms with van der Waals surface area (Å²) in [6.07, 6.45) is 0. The van der Waals surface area contributed by atoms with E-state index in [4.69, 9.17) is 9.52 Å². The van der Waals surface area contributed by atoms with Crippen LogP contribution in [0.15, 0.2) is 39.6 Å². The van der Waals surface area contributed by atoms with Gasteiger partial charge >= 0.3 is 5.97 Å². The molecule has 0 amide bonds. The highest BCUT2D eigenvalue weighted by atomic mass is 32.2. The van der Waals surface area contributed by atoms with Gasteiger partial charge < -0.3 is 9.52 Å². The van der Waals surface area contributed by atoms with Crippen molar-refractivity contribution in [3.8, 4) is 0 Å². The SMILES string of the molecule is Cc1oc(CS(=O)c2ccc(C(C)C)cc2)cc1C(=O)O. The molecule has 1 heterocycles. The first-order valence-electron chi connectivity index (χ1n) is 6.69. The Hall–Kier alpha value is -1.88. The molecule has 1 N–H and O–H groups in total. The van der Waals surface area contributed by atoms with Crippen LogP contribution in [0.5, 0.6) is 0 Å². The van der Waals surface area contributed by atoms with E-state index in [0.29, 0.717) is 22.3 Å². The van der Waals surface area contributed by atoms with Crippen molar-refractivity contribution in [1.82, 2.24) is 0 Å². The fourth-order valence-electron chi connectivity index (χ4n) is 2.04. The molecule has 0 aliphatic carbocycles. The molecule has 112 valence electrons. The van der Waals surface area contributed by atoms with Gasteiger partial charge in [-0.2, -0.15) is 0 Å². The molecule has 0 aliphatic rings. The minimum atomic E-state index is -1.25. The predicted octanol–water partition coefficient (Wildman–Crippen LogP) is 3.72. The molecule has 2 aromatic rings. The Morgan fingerprint density at radius 2 is 1.90 bits per heavy atom. The molecule has 0 saturated heterocycles. The second-order valence-electron chi connectivity index (χ2n) is 5.20. The zero-order valence-corrected chi connectivity index (χ0v) is 13.1. The van der Waals surface area contributed by atoms with Crippen LogP contribution in [0.2, 0.25) is 0 Å². The molecule has 21 heavy (non-hydrogen) atoms. The van der Waals surface area contributed by atoms with Crippen molar-refractivity contribution in [1.29, 1.82) is 0 Å². The summed E-state index contributed by atoms with van der Waals surface area (Å²) in [6, 6.07) is 9.07. The zero-order valence-electron chi connectivity index (χ0n) is 12.3. The fraction of sp³-hybridized carbons (Fsp3) is 0.312.